The fraction of sp³-hybridized carbons (Fsp3) is 0.571. The highest BCUT2D eigenvalue weighted by molar-refractivity contribution is 5.71. The summed E-state index contributed by atoms with van der Waals surface area (Å²) in [5.41, 5.74) is 2.13. The molecule has 0 bridgehead atoms. The second-order valence-electron chi connectivity index (χ2n) is 5.66. The highest BCUT2D eigenvalue weighted by Crippen LogP contribution is 2.41. The molecule has 94 valence electrons. The monoisotopic (exact) mass is 242 g/mol. The summed E-state index contributed by atoms with van der Waals surface area (Å²) in [6, 6.07) is 4.71. The van der Waals surface area contributed by atoms with Crippen LogP contribution in [0.4, 0.5) is 0 Å². The quantitative estimate of drug-likeness (QED) is 0.877. The van der Waals surface area contributed by atoms with Crippen molar-refractivity contribution in [1.82, 2.24) is 19.9 Å². The van der Waals surface area contributed by atoms with Crippen molar-refractivity contribution in [2.24, 2.45) is 5.92 Å². The van der Waals surface area contributed by atoms with Gasteiger partial charge in [0, 0.05) is 24.7 Å². The zero-order valence-corrected chi connectivity index (χ0v) is 10.6. The Morgan fingerprint density at radius 3 is 2.94 bits per heavy atom. The molecule has 0 unspecified atom stereocenters. The first-order valence-electron chi connectivity index (χ1n) is 6.88. The number of rotatable bonds is 2. The van der Waals surface area contributed by atoms with E-state index in [1.807, 2.05) is 12.3 Å². The number of hydrogen-bond donors (Lipinski definition) is 1. The predicted molar refractivity (Wildman–Crippen MR) is 70.6 cm³/mol. The van der Waals surface area contributed by atoms with Gasteiger partial charge in [0.15, 0.2) is 5.65 Å². The molecule has 4 heteroatoms. The Bertz CT molecular complexity index is 584. The number of imidazole rings is 1. The lowest BCUT2D eigenvalue weighted by Gasteiger charge is -2.15. The fourth-order valence-corrected chi connectivity index (χ4v) is 3.06. The Morgan fingerprint density at radius 1 is 1.33 bits per heavy atom. The second kappa shape index (κ2) is 3.79. The van der Waals surface area contributed by atoms with Crippen LogP contribution in [0.15, 0.2) is 18.3 Å². The van der Waals surface area contributed by atoms with Crippen LogP contribution in [0.5, 0.6) is 0 Å². The number of aromatic nitrogens is 3. The largest absolute Gasteiger partial charge is 0.316 e. The molecule has 4 nitrogen and oxygen atoms in total. The molecule has 1 aliphatic carbocycles. The van der Waals surface area contributed by atoms with Crippen LogP contribution in [-0.2, 0) is 0 Å². The zero-order valence-electron chi connectivity index (χ0n) is 10.6. The number of nitrogens with one attached hydrogen (secondary N) is 1. The Balaban J connectivity index is 1.90. The van der Waals surface area contributed by atoms with Crippen molar-refractivity contribution < 1.29 is 0 Å². The van der Waals surface area contributed by atoms with Gasteiger partial charge < -0.3 is 9.88 Å². The summed E-state index contributed by atoms with van der Waals surface area (Å²) in [5.74, 6) is 2.46. The van der Waals surface area contributed by atoms with Gasteiger partial charge in [0.1, 0.15) is 11.3 Å². The van der Waals surface area contributed by atoms with Gasteiger partial charge in [0.25, 0.3) is 0 Å². The highest BCUT2D eigenvalue weighted by Gasteiger charge is 2.35. The molecule has 4 rings (SSSR count). The van der Waals surface area contributed by atoms with E-state index in [9.17, 15) is 0 Å². The minimum atomic E-state index is 0.541. The molecule has 0 aromatic carbocycles. The van der Waals surface area contributed by atoms with Crippen LogP contribution in [0.25, 0.3) is 11.2 Å². The molecule has 1 saturated heterocycles. The number of pyridine rings is 1. The topological polar surface area (TPSA) is 42.7 Å². The van der Waals surface area contributed by atoms with Crippen LogP contribution >= 0.6 is 0 Å². The van der Waals surface area contributed by atoms with E-state index in [4.69, 9.17) is 4.98 Å². The van der Waals surface area contributed by atoms with Crippen LogP contribution in [0.2, 0.25) is 0 Å². The molecule has 0 radical (unpaired) electrons. The summed E-state index contributed by atoms with van der Waals surface area (Å²) in [4.78, 5) is 9.41. The van der Waals surface area contributed by atoms with E-state index in [0.29, 0.717) is 17.9 Å². The van der Waals surface area contributed by atoms with Gasteiger partial charge in [0.05, 0.1) is 0 Å². The van der Waals surface area contributed by atoms with Crippen LogP contribution in [0.1, 0.15) is 37.5 Å². The standard InChI is InChI=1S/C14H18N4/c1-9-7-15-8-11(9)13-17-12-3-2-6-16-14(12)18(13)10-4-5-10/h2-3,6,9-11,15H,4-5,7-8H2,1H3/t9-,11-/m1/s1. The first kappa shape index (κ1) is 10.5. The summed E-state index contributed by atoms with van der Waals surface area (Å²) in [6.45, 7) is 4.47. The molecular weight excluding hydrogens is 224 g/mol. The minimum absolute atomic E-state index is 0.541. The van der Waals surface area contributed by atoms with Crippen molar-refractivity contribution in [3.05, 3.63) is 24.2 Å². The lowest BCUT2D eigenvalue weighted by molar-refractivity contribution is 0.518. The molecule has 2 fully saturated rings. The fourth-order valence-electron chi connectivity index (χ4n) is 3.06. The first-order chi connectivity index (χ1) is 8.84. The summed E-state index contributed by atoms with van der Waals surface area (Å²) in [6.07, 6.45) is 4.44. The van der Waals surface area contributed by atoms with Crippen LogP contribution in [0, 0.1) is 5.92 Å². The molecule has 2 aliphatic rings. The van der Waals surface area contributed by atoms with Crippen LogP contribution in [-0.4, -0.2) is 27.6 Å². The van der Waals surface area contributed by atoms with Gasteiger partial charge in [-0.25, -0.2) is 9.97 Å². The minimum Gasteiger partial charge on any atom is -0.316 e. The molecule has 3 heterocycles. The van der Waals surface area contributed by atoms with Gasteiger partial charge in [-0.05, 0) is 37.4 Å². The predicted octanol–water partition coefficient (Wildman–Crippen LogP) is 2.09. The van der Waals surface area contributed by atoms with E-state index >= 15 is 0 Å². The van der Waals surface area contributed by atoms with E-state index in [2.05, 4.69) is 27.9 Å². The van der Waals surface area contributed by atoms with Crippen molar-refractivity contribution in [2.75, 3.05) is 13.1 Å². The van der Waals surface area contributed by atoms with Gasteiger partial charge in [0.2, 0.25) is 0 Å². The number of fused-ring (bicyclic) bond motifs is 1. The number of nitrogens with zero attached hydrogens (tertiary/aromatic N) is 3. The highest BCUT2D eigenvalue weighted by atomic mass is 15.2. The summed E-state index contributed by atoms with van der Waals surface area (Å²) >= 11 is 0. The molecule has 0 amide bonds. The van der Waals surface area contributed by atoms with E-state index in [1.54, 1.807) is 0 Å². The van der Waals surface area contributed by atoms with Gasteiger partial charge in [-0.3, -0.25) is 0 Å². The third-order valence-electron chi connectivity index (χ3n) is 4.24. The second-order valence-corrected chi connectivity index (χ2v) is 5.66. The average Bonchev–Trinajstić information content (AvgIpc) is 3.01. The molecular formula is C14H18N4. The maximum atomic E-state index is 4.87. The van der Waals surface area contributed by atoms with Gasteiger partial charge in [-0.1, -0.05) is 6.92 Å². The lowest BCUT2D eigenvalue weighted by Crippen LogP contribution is -2.14. The summed E-state index contributed by atoms with van der Waals surface area (Å²) in [5, 5.41) is 3.48. The molecule has 2 aromatic rings. The van der Waals surface area contributed by atoms with Crippen LogP contribution < -0.4 is 5.32 Å². The normalized spacial score (nSPS) is 28.1. The molecule has 2 aromatic heterocycles. The molecule has 1 aliphatic heterocycles. The SMILES string of the molecule is C[C@@H]1CNC[C@H]1c1nc2cccnc2n1C1CC1. The molecule has 1 saturated carbocycles. The smallest absolute Gasteiger partial charge is 0.160 e. The van der Waals surface area contributed by atoms with Crippen LogP contribution in [0.3, 0.4) is 0 Å². The van der Waals surface area contributed by atoms with Gasteiger partial charge >= 0.3 is 0 Å². The van der Waals surface area contributed by atoms with Gasteiger partial charge in [-0.15, -0.1) is 0 Å². The first-order valence-corrected chi connectivity index (χ1v) is 6.88. The van der Waals surface area contributed by atoms with Gasteiger partial charge in [-0.2, -0.15) is 0 Å². The van der Waals surface area contributed by atoms with E-state index in [1.165, 1.54) is 18.7 Å². The Labute approximate surface area is 106 Å². The van der Waals surface area contributed by atoms with Crippen molar-refractivity contribution in [3.8, 4) is 0 Å². The Hall–Kier alpha value is -1.42. The zero-order chi connectivity index (χ0) is 12.1. The molecule has 2 atom stereocenters. The van der Waals surface area contributed by atoms with E-state index < -0.39 is 0 Å². The molecule has 0 spiro atoms. The maximum absolute atomic E-state index is 4.87. The van der Waals surface area contributed by atoms with Crippen molar-refractivity contribution >= 4 is 11.2 Å². The summed E-state index contributed by atoms with van der Waals surface area (Å²) in [7, 11) is 0. The molecule has 1 N–H and O–H groups in total. The third kappa shape index (κ3) is 1.48. The summed E-state index contributed by atoms with van der Waals surface area (Å²) < 4.78 is 2.41. The van der Waals surface area contributed by atoms with Crippen molar-refractivity contribution in [3.63, 3.8) is 0 Å². The molecule has 18 heavy (non-hydrogen) atoms. The third-order valence-corrected chi connectivity index (χ3v) is 4.24. The van der Waals surface area contributed by atoms with Crippen molar-refractivity contribution in [2.45, 2.75) is 31.7 Å². The average molecular weight is 242 g/mol. The number of hydrogen-bond acceptors (Lipinski definition) is 3. The van der Waals surface area contributed by atoms with E-state index in [0.717, 1.165) is 24.3 Å². The Kier molecular flexibility index (Phi) is 2.21. The van der Waals surface area contributed by atoms with Crippen molar-refractivity contribution in [1.29, 1.82) is 0 Å². The maximum Gasteiger partial charge on any atom is 0.160 e. The lowest BCUT2D eigenvalue weighted by atomic mass is 9.97. The Morgan fingerprint density at radius 2 is 2.22 bits per heavy atom. The van der Waals surface area contributed by atoms with E-state index in [-0.39, 0.29) is 0 Å².